The maximum absolute atomic E-state index is 6.12. The molecular weight excluding hydrogens is 1380 g/mol. The molecule has 0 saturated carbocycles. The molecule has 2 unspecified atom stereocenters. The van der Waals surface area contributed by atoms with Gasteiger partial charge in [-0.1, -0.05) is 394 Å². The Hall–Kier alpha value is -14.7. The highest BCUT2D eigenvalue weighted by Crippen LogP contribution is 2.43. The fourth-order valence-corrected chi connectivity index (χ4v) is 17.0. The predicted molar refractivity (Wildman–Crippen MR) is 479 cm³/mol. The van der Waals surface area contributed by atoms with E-state index in [1.54, 1.807) is 0 Å². The zero-order valence-corrected chi connectivity index (χ0v) is 62.7. The Bertz CT molecular complexity index is 7020. The molecule has 2 heteroatoms. The Morgan fingerprint density at radius 2 is 0.395 bits per heavy atom. The lowest BCUT2D eigenvalue weighted by Crippen LogP contribution is -2.04. The fraction of sp³-hybridized carbons (Fsp3) is 0.0179. The van der Waals surface area contributed by atoms with E-state index in [0.717, 1.165) is 43.9 Å². The Kier molecular flexibility index (Phi) is 18.2. The van der Waals surface area contributed by atoms with E-state index in [1.165, 1.54) is 155 Å². The summed E-state index contributed by atoms with van der Waals surface area (Å²) >= 11 is 0. The van der Waals surface area contributed by atoms with Crippen LogP contribution in [0.4, 0.5) is 0 Å². The lowest BCUT2D eigenvalue weighted by atomic mass is 9.82. The van der Waals surface area contributed by atoms with Gasteiger partial charge in [-0.15, -0.1) is 0 Å². The van der Waals surface area contributed by atoms with Crippen LogP contribution in [0.2, 0.25) is 0 Å². The monoisotopic (exact) mass is 1450 g/mol. The number of para-hydroxylation sites is 2. The maximum Gasteiger partial charge on any atom is 0.135 e. The first kappa shape index (κ1) is 68.6. The van der Waals surface area contributed by atoms with E-state index in [4.69, 9.17) is 8.83 Å². The third-order valence-electron chi connectivity index (χ3n) is 22.9. The van der Waals surface area contributed by atoms with Crippen molar-refractivity contribution >= 4 is 65.4 Å². The molecule has 0 aliphatic carbocycles. The van der Waals surface area contributed by atoms with Crippen LogP contribution in [0.3, 0.4) is 0 Å². The van der Waals surface area contributed by atoms with Crippen LogP contribution in [0.1, 0.15) is 45.2 Å². The largest absolute Gasteiger partial charge is 0.456 e. The first-order valence-electron chi connectivity index (χ1n) is 39.3. The molecule has 0 aliphatic rings. The van der Waals surface area contributed by atoms with Gasteiger partial charge in [0.25, 0.3) is 0 Å². The molecule has 2 nitrogen and oxygen atoms in total. The number of benzene rings is 19. The molecule has 114 heavy (non-hydrogen) atoms. The van der Waals surface area contributed by atoms with Crippen molar-refractivity contribution in [3.8, 4) is 100 Å². The highest BCUT2D eigenvalue weighted by atomic mass is 16.3. The van der Waals surface area contributed by atoms with E-state index in [9.17, 15) is 0 Å². The van der Waals surface area contributed by atoms with Gasteiger partial charge in [-0.3, -0.25) is 0 Å². The van der Waals surface area contributed by atoms with Gasteiger partial charge in [0, 0.05) is 33.4 Å². The summed E-state index contributed by atoms with van der Waals surface area (Å²) in [5, 5.41) is 9.64. The van der Waals surface area contributed by atoms with Crippen LogP contribution in [0.5, 0.6) is 0 Å². The van der Waals surface area contributed by atoms with Crippen LogP contribution in [-0.4, -0.2) is 0 Å². The molecule has 0 N–H and O–H groups in total. The average Bonchev–Trinajstić information content (AvgIpc) is 1.35. The third-order valence-corrected chi connectivity index (χ3v) is 22.9. The van der Waals surface area contributed by atoms with Crippen molar-refractivity contribution in [1.82, 2.24) is 0 Å². The summed E-state index contributed by atoms with van der Waals surface area (Å²) in [7, 11) is 0. The van der Waals surface area contributed by atoms with Crippen molar-refractivity contribution in [3.63, 3.8) is 0 Å². The Balaban J connectivity index is 0.000000149. The molecule has 0 amide bonds. The van der Waals surface area contributed by atoms with Crippen LogP contribution in [0.25, 0.3) is 166 Å². The van der Waals surface area contributed by atoms with E-state index in [1.807, 2.05) is 24.3 Å². The van der Waals surface area contributed by atoms with Crippen LogP contribution >= 0.6 is 0 Å². The Labute approximate surface area is 664 Å². The van der Waals surface area contributed by atoms with Crippen LogP contribution in [0.15, 0.2) is 458 Å². The first-order chi connectivity index (χ1) is 56.5. The SMILES string of the molecule is c1ccc(-c2ccc(-c3ccc(C(c4ccc(-c5cccc(-c6ccc7oc8ccccc8c7c6)c5)cc4)c4cccc5ccccc45)cc3)cc2)cc1.c1ccc(-c2cccc(-c3ccc(C(c4ccc(-c5cccc(-c6ccc7oc8ccccc8c7c6)c5)cc4)c4ccc(-c5cccc6ccccc56)cc4)cc3)c2)cc1. The van der Waals surface area contributed by atoms with Gasteiger partial charge in [-0.05, 0) is 210 Å². The van der Waals surface area contributed by atoms with Gasteiger partial charge in [-0.2, -0.15) is 0 Å². The molecule has 0 radical (unpaired) electrons. The summed E-state index contributed by atoms with van der Waals surface area (Å²) in [6.45, 7) is 0. The summed E-state index contributed by atoms with van der Waals surface area (Å²) in [6, 6.07) is 163. The summed E-state index contributed by atoms with van der Waals surface area (Å²) in [5.41, 5.74) is 33.0. The number of hydrogen-bond acceptors (Lipinski definition) is 2. The minimum absolute atomic E-state index is 0.0492. The van der Waals surface area contributed by atoms with Gasteiger partial charge < -0.3 is 8.83 Å². The smallest absolute Gasteiger partial charge is 0.135 e. The number of furan rings is 2. The third kappa shape index (κ3) is 13.6. The molecular formula is C112H76O2. The molecule has 21 aromatic rings. The molecule has 2 aromatic heterocycles. The second-order valence-corrected chi connectivity index (χ2v) is 29.7. The quantitative estimate of drug-likeness (QED) is 0.0956. The molecule has 2 atom stereocenters. The normalized spacial score (nSPS) is 12.0. The number of rotatable bonds is 15. The number of hydrogen-bond donors (Lipinski definition) is 0. The van der Waals surface area contributed by atoms with Crippen molar-refractivity contribution in [1.29, 1.82) is 0 Å². The lowest BCUT2D eigenvalue weighted by Gasteiger charge is -2.22. The second kappa shape index (κ2) is 30.3. The molecule has 0 spiro atoms. The molecule has 0 fully saturated rings. The van der Waals surface area contributed by atoms with Gasteiger partial charge in [0.1, 0.15) is 22.3 Å². The van der Waals surface area contributed by atoms with E-state index in [-0.39, 0.29) is 11.8 Å². The maximum atomic E-state index is 6.12. The number of fused-ring (bicyclic) bond motifs is 8. The molecule has 0 aliphatic heterocycles. The molecule has 0 saturated heterocycles. The lowest BCUT2D eigenvalue weighted by molar-refractivity contribution is 0.668. The molecule has 2 heterocycles. The molecule has 19 aromatic carbocycles. The minimum Gasteiger partial charge on any atom is -0.456 e. The second-order valence-electron chi connectivity index (χ2n) is 29.7. The van der Waals surface area contributed by atoms with Crippen LogP contribution in [-0.2, 0) is 0 Å². The zero-order chi connectivity index (χ0) is 75.7. The van der Waals surface area contributed by atoms with E-state index in [2.05, 4.69) is 425 Å². The van der Waals surface area contributed by atoms with E-state index >= 15 is 0 Å². The zero-order valence-electron chi connectivity index (χ0n) is 62.7. The predicted octanol–water partition coefficient (Wildman–Crippen LogP) is 30.8. The van der Waals surface area contributed by atoms with Gasteiger partial charge in [0.05, 0.1) is 0 Å². The van der Waals surface area contributed by atoms with Crippen molar-refractivity contribution in [3.05, 3.63) is 482 Å². The summed E-state index contributed by atoms with van der Waals surface area (Å²) in [5.74, 6) is 0.121. The molecule has 21 rings (SSSR count). The Morgan fingerprint density at radius 3 is 0.825 bits per heavy atom. The Morgan fingerprint density at radius 1 is 0.140 bits per heavy atom. The van der Waals surface area contributed by atoms with Crippen molar-refractivity contribution in [2.24, 2.45) is 0 Å². The summed E-state index contributed by atoms with van der Waals surface area (Å²) in [4.78, 5) is 0. The minimum atomic E-state index is 0.0492. The van der Waals surface area contributed by atoms with Crippen LogP contribution in [0, 0.1) is 0 Å². The topological polar surface area (TPSA) is 26.3 Å². The highest BCUT2D eigenvalue weighted by Gasteiger charge is 2.23. The first-order valence-corrected chi connectivity index (χ1v) is 39.3. The van der Waals surface area contributed by atoms with Gasteiger partial charge in [0.2, 0.25) is 0 Å². The average molecular weight is 1450 g/mol. The summed E-state index contributed by atoms with van der Waals surface area (Å²) in [6.07, 6.45) is 0. The highest BCUT2D eigenvalue weighted by molar-refractivity contribution is 6.08. The summed E-state index contributed by atoms with van der Waals surface area (Å²) < 4.78 is 12.2. The van der Waals surface area contributed by atoms with Crippen molar-refractivity contribution in [2.75, 3.05) is 0 Å². The molecule has 536 valence electrons. The molecule has 0 bridgehead atoms. The van der Waals surface area contributed by atoms with E-state index in [0.29, 0.717) is 0 Å². The van der Waals surface area contributed by atoms with Gasteiger partial charge in [0.15, 0.2) is 0 Å². The van der Waals surface area contributed by atoms with Gasteiger partial charge >= 0.3 is 0 Å². The standard InChI is InChI=1S/C59H40O.C53H36O/c1-2-11-40(12-3-1)48-15-8-16-49(37-48)41-23-29-45(30-24-41)59(47-33-27-44(28-34-47)54-21-10-14-43-13-4-5-19-53(43)54)46-31-25-42(26-32-46)50-17-9-18-51(38-50)52-35-36-58-56(39-52)55-20-6-7-22-57(55)60-58;1-2-10-36(11-3-1)37-20-22-38(23-21-37)39-24-28-42(29-25-39)53(49-18-9-13-41-12-4-5-16-47(41)49)43-30-26-40(27-31-43)44-14-8-15-45(34-44)46-32-33-52-50(35-46)48-17-6-7-19-51(48)54-52/h1-39,59H;1-35,53H. The fourth-order valence-electron chi connectivity index (χ4n) is 17.0. The van der Waals surface area contributed by atoms with Crippen molar-refractivity contribution in [2.45, 2.75) is 11.8 Å². The van der Waals surface area contributed by atoms with E-state index < -0.39 is 0 Å². The van der Waals surface area contributed by atoms with Gasteiger partial charge in [-0.25, -0.2) is 0 Å². The van der Waals surface area contributed by atoms with Crippen LogP contribution < -0.4 is 0 Å². The van der Waals surface area contributed by atoms with Crippen molar-refractivity contribution < 1.29 is 8.83 Å².